The Morgan fingerprint density at radius 2 is 1.90 bits per heavy atom. The van der Waals surface area contributed by atoms with Crippen molar-refractivity contribution in [3.63, 3.8) is 0 Å². The van der Waals surface area contributed by atoms with Crippen LogP contribution in [-0.2, 0) is 14.4 Å². The molecule has 42 heavy (non-hydrogen) atoms. The molecule has 1 aliphatic heterocycles. The third kappa shape index (κ3) is 9.16. The number of carbonyl (C=O) groups is 4. The molecule has 1 saturated heterocycles. The number of aliphatic hydroxyl groups excluding tert-OH is 1. The summed E-state index contributed by atoms with van der Waals surface area (Å²) in [6.45, 7) is 6.69. The second-order valence-corrected chi connectivity index (χ2v) is 11.0. The van der Waals surface area contributed by atoms with Crippen molar-refractivity contribution in [2.75, 3.05) is 26.2 Å². The number of rotatable bonds is 17. The van der Waals surface area contributed by atoms with Gasteiger partial charge in [-0.2, -0.15) is 0 Å². The van der Waals surface area contributed by atoms with Crippen LogP contribution in [-0.4, -0.2) is 105 Å². The molecule has 0 bridgehead atoms. The molecule has 0 aliphatic carbocycles. The van der Waals surface area contributed by atoms with Gasteiger partial charge in [-0.25, -0.2) is 4.79 Å². The van der Waals surface area contributed by atoms with Crippen molar-refractivity contribution in [2.45, 2.75) is 83.1 Å². The quantitative estimate of drug-likeness (QED) is 0.132. The van der Waals surface area contributed by atoms with Crippen molar-refractivity contribution < 1.29 is 39.2 Å². The molecule has 0 spiro atoms. The van der Waals surface area contributed by atoms with E-state index in [1.807, 2.05) is 19.9 Å². The van der Waals surface area contributed by atoms with E-state index < -0.39 is 42.1 Å². The first-order valence-electron chi connectivity index (χ1n) is 14.4. The largest absolute Gasteiger partial charge is 0.490 e. The molecule has 0 saturated carbocycles. The van der Waals surface area contributed by atoms with E-state index in [-0.39, 0.29) is 25.0 Å². The molecule has 1 aromatic heterocycles. The van der Waals surface area contributed by atoms with Crippen molar-refractivity contribution >= 4 is 34.7 Å². The van der Waals surface area contributed by atoms with E-state index >= 15 is 0 Å². The van der Waals surface area contributed by atoms with Crippen LogP contribution in [0.15, 0.2) is 24.3 Å². The number of benzene rings is 1. The maximum absolute atomic E-state index is 12.7. The van der Waals surface area contributed by atoms with Gasteiger partial charge in [-0.1, -0.05) is 19.9 Å². The van der Waals surface area contributed by atoms with Crippen LogP contribution in [0.5, 0.6) is 5.75 Å². The summed E-state index contributed by atoms with van der Waals surface area (Å²) in [6.07, 6.45) is 1.53. The number of aliphatic carboxylic acids is 2. The van der Waals surface area contributed by atoms with E-state index in [9.17, 15) is 34.5 Å². The molecule has 1 aliphatic rings. The highest BCUT2D eigenvalue weighted by molar-refractivity contribution is 5.99. The van der Waals surface area contributed by atoms with Crippen LogP contribution < -0.4 is 20.7 Å². The number of carboxylic acids is 2. The number of nitrogens with zero attached hydrogens (tertiary/aromatic N) is 1. The van der Waals surface area contributed by atoms with Crippen molar-refractivity contribution in [3.05, 3.63) is 30.0 Å². The number of ether oxygens (including phenoxy) is 1. The number of carboxylic acid groups (broad SMARTS) is 2. The van der Waals surface area contributed by atoms with Crippen molar-refractivity contribution in [3.8, 4) is 5.75 Å². The number of aromatic nitrogens is 1. The predicted octanol–water partition coefficient (Wildman–Crippen LogP) is 1.31. The lowest BCUT2D eigenvalue weighted by molar-refractivity contribution is -0.149. The Hall–Kier alpha value is -3.68. The van der Waals surface area contributed by atoms with E-state index in [1.165, 1.54) is 4.90 Å². The molecule has 3 rings (SSSR count). The van der Waals surface area contributed by atoms with Gasteiger partial charge < -0.3 is 40.6 Å². The van der Waals surface area contributed by atoms with Gasteiger partial charge in [0, 0.05) is 36.6 Å². The zero-order valence-electron chi connectivity index (χ0n) is 24.4. The van der Waals surface area contributed by atoms with Gasteiger partial charge in [0.25, 0.3) is 5.91 Å². The molecular weight excluding hydrogens is 546 g/mol. The third-order valence-corrected chi connectivity index (χ3v) is 7.21. The normalized spacial score (nSPS) is 17.3. The number of aliphatic hydroxyl groups is 1. The molecule has 13 heteroatoms. The summed E-state index contributed by atoms with van der Waals surface area (Å²) >= 11 is 0. The number of hydrogen-bond acceptors (Lipinski definition) is 8. The molecule has 13 nitrogen and oxygen atoms in total. The number of fused-ring (bicyclic) bond motifs is 1. The Kier molecular flexibility index (Phi) is 12.1. The Balaban J connectivity index is 1.45. The Morgan fingerprint density at radius 1 is 1.14 bits per heavy atom. The average Bonchev–Trinajstić information content (AvgIpc) is 3.61. The van der Waals surface area contributed by atoms with Gasteiger partial charge >= 0.3 is 11.9 Å². The minimum atomic E-state index is -1.10. The number of H-pyrrole nitrogens is 1. The summed E-state index contributed by atoms with van der Waals surface area (Å²) in [5.74, 6) is -2.35. The van der Waals surface area contributed by atoms with E-state index in [0.29, 0.717) is 62.1 Å². The summed E-state index contributed by atoms with van der Waals surface area (Å²) < 4.78 is 5.80. The second-order valence-electron chi connectivity index (χ2n) is 11.0. The van der Waals surface area contributed by atoms with Gasteiger partial charge in [0.2, 0.25) is 5.91 Å². The van der Waals surface area contributed by atoms with E-state index in [4.69, 9.17) is 4.74 Å². The first-order valence-corrected chi connectivity index (χ1v) is 14.4. The van der Waals surface area contributed by atoms with E-state index in [1.54, 1.807) is 25.1 Å². The van der Waals surface area contributed by atoms with Gasteiger partial charge in [0.1, 0.15) is 36.2 Å². The number of amides is 2. The van der Waals surface area contributed by atoms with E-state index in [0.717, 1.165) is 5.52 Å². The van der Waals surface area contributed by atoms with Crippen LogP contribution in [0.3, 0.4) is 0 Å². The lowest BCUT2D eigenvalue weighted by Crippen LogP contribution is -2.53. The molecule has 2 amide bonds. The molecule has 0 radical (unpaired) electrons. The lowest BCUT2D eigenvalue weighted by atomic mass is 10.1. The van der Waals surface area contributed by atoms with Gasteiger partial charge in [0.15, 0.2) is 0 Å². The van der Waals surface area contributed by atoms with Crippen LogP contribution in [0.25, 0.3) is 10.9 Å². The highest BCUT2D eigenvalue weighted by Gasteiger charge is 2.36. The summed E-state index contributed by atoms with van der Waals surface area (Å²) in [5, 5.41) is 38.6. The van der Waals surface area contributed by atoms with Crippen molar-refractivity contribution in [2.24, 2.45) is 0 Å². The van der Waals surface area contributed by atoms with Gasteiger partial charge in [-0.05, 0) is 57.2 Å². The Morgan fingerprint density at radius 3 is 2.60 bits per heavy atom. The van der Waals surface area contributed by atoms with Crippen LogP contribution >= 0.6 is 0 Å². The molecular formula is C29H43N5O8. The maximum atomic E-state index is 12.7. The number of nitrogens with one attached hydrogen (secondary N) is 4. The minimum absolute atomic E-state index is 0.103. The monoisotopic (exact) mass is 589 g/mol. The van der Waals surface area contributed by atoms with Crippen LogP contribution in [0.4, 0.5) is 0 Å². The Bertz CT molecular complexity index is 1230. The number of hydrogen-bond donors (Lipinski definition) is 7. The van der Waals surface area contributed by atoms with Crippen molar-refractivity contribution in [1.82, 2.24) is 25.8 Å². The van der Waals surface area contributed by atoms with Crippen LogP contribution in [0.2, 0.25) is 0 Å². The van der Waals surface area contributed by atoms with Crippen LogP contribution in [0.1, 0.15) is 63.4 Å². The van der Waals surface area contributed by atoms with E-state index in [2.05, 4.69) is 20.9 Å². The maximum Gasteiger partial charge on any atom is 0.326 e. The molecule has 1 aromatic carbocycles. The van der Waals surface area contributed by atoms with Gasteiger partial charge in [-0.15, -0.1) is 0 Å². The smallest absolute Gasteiger partial charge is 0.326 e. The summed E-state index contributed by atoms with van der Waals surface area (Å²) in [5.41, 5.74) is 1.07. The van der Waals surface area contributed by atoms with Crippen molar-refractivity contribution in [1.29, 1.82) is 0 Å². The average molecular weight is 590 g/mol. The Labute approximate surface area is 245 Å². The predicted molar refractivity (Wildman–Crippen MR) is 156 cm³/mol. The topological polar surface area (TPSA) is 193 Å². The first-order chi connectivity index (χ1) is 20.0. The minimum Gasteiger partial charge on any atom is -0.490 e. The second kappa shape index (κ2) is 15.5. The lowest BCUT2D eigenvalue weighted by Gasteiger charge is -2.27. The van der Waals surface area contributed by atoms with Gasteiger partial charge in [0.05, 0.1) is 6.04 Å². The number of aromatic amines is 1. The molecule has 0 unspecified atom stereocenters. The molecule has 1 fully saturated rings. The summed E-state index contributed by atoms with van der Waals surface area (Å²) in [6, 6.07) is 4.62. The fourth-order valence-corrected chi connectivity index (χ4v) is 4.95. The SMILES string of the molecule is CC(C)NC[C@H](O)COc1cccc2[nH]c(C(=O)NCCCC[C@H](N[C@@H](C)C(=O)N3CCC[C@H]3C(=O)O)C(=O)O)cc12. The van der Waals surface area contributed by atoms with Gasteiger partial charge in [-0.3, -0.25) is 19.7 Å². The number of unbranched alkanes of at least 4 members (excludes halogenated alkanes) is 1. The molecule has 232 valence electrons. The number of likely N-dealkylation sites (tertiary alicyclic amines) is 1. The highest BCUT2D eigenvalue weighted by Crippen LogP contribution is 2.26. The third-order valence-electron chi connectivity index (χ3n) is 7.21. The number of carbonyl (C=O) groups excluding carboxylic acids is 2. The molecule has 2 heterocycles. The zero-order chi connectivity index (χ0) is 30.8. The standard InChI is InChI=1S/C29H43N5O8/c1-17(2)31-15-19(35)16-42-25-11-6-9-21-20(25)14-23(33-21)26(36)30-12-5-4-8-22(28(38)39)32-18(3)27(37)34-13-7-10-24(34)29(40)41/h6,9,11,14,17-19,22,24,31-33,35H,4-5,7-8,10,12-13,15-16H2,1-3H3,(H,30,36)(H,38,39)(H,40,41)/t18-,19-,22-,24-/m0/s1. The van der Waals surface area contributed by atoms with Crippen LogP contribution in [0, 0.1) is 0 Å². The highest BCUT2D eigenvalue weighted by atomic mass is 16.5. The summed E-state index contributed by atoms with van der Waals surface area (Å²) in [4.78, 5) is 53.0. The first kappa shape index (κ1) is 32.8. The fourth-order valence-electron chi connectivity index (χ4n) is 4.95. The molecule has 4 atom stereocenters. The zero-order valence-corrected chi connectivity index (χ0v) is 24.4. The fraction of sp³-hybridized carbons (Fsp3) is 0.586. The summed E-state index contributed by atoms with van der Waals surface area (Å²) in [7, 11) is 0. The molecule has 7 N–H and O–H groups in total. The molecule has 2 aromatic rings.